The lowest BCUT2D eigenvalue weighted by Gasteiger charge is -2.41. The molecule has 3 atom stereocenters. The van der Waals surface area contributed by atoms with E-state index in [0.29, 0.717) is 5.56 Å². The molecule has 2 aromatic carbocycles. The molecule has 0 radical (unpaired) electrons. The molecule has 32 heavy (non-hydrogen) atoms. The molecule has 0 unspecified atom stereocenters. The number of carbonyl (C=O) groups excluding carboxylic acids is 2. The summed E-state index contributed by atoms with van der Waals surface area (Å²) in [5.74, 6) is 0.618. The fourth-order valence-corrected chi connectivity index (χ4v) is 5.47. The van der Waals surface area contributed by atoms with Crippen molar-refractivity contribution < 1.29 is 14.7 Å². The summed E-state index contributed by atoms with van der Waals surface area (Å²) in [5, 5.41) is 13.5. The average Bonchev–Trinajstić information content (AvgIpc) is 3.22. The van der Waals surface area contributed by atoms with E-state index in [1.165, 1.54) is 0 Å². The smallest absolute Gasteiger partial charge is 0.253 e. The first-order chi connectivity index (χ1) is 15.5. The maximum atomic E-state index is 13.2. The highest BCUT2D eigenvalue weighted by molar-refractivity contribution is 5.95. The van der Waals surface area contributed by atoms with Gasteiger partial charge in [-0.2, -0.15) is 0 Å². The number of nitrogens with zero attached hydrogens (tertiary/aromatic N) is 2. The standard InChI is InChI=1S/C26H31N3O3/c1-28(2)25(31)19-8-4-7-17(13-19)18-9-10-22-21(14-18)24-20(23(15-30)27-22)11-12-29(24)26(32)16-5-3-6-16/h4,7-10,13-14,16,20,23-24,27,30H,3,5-6,11-12,15H2,1-2H3/t20-,23+,24-/m1/s1. The van der Waals surface area contributed by atoms with Gasteiger partial charge in [0.05, 0.1) is 18.7 Å². The van der Waals surface area contributed by atoms with Gasteiger partial charge in [-0.3, -0.25) is 9.59 Å². The van der Waals surface area contributed by atoms with E-state index in [2.05, 4.69) is 16.3 Å². The zero-order chi connectivity index (χ0) is 22.4. The molecule has 0 spiro atoms. The van der Waals surface area contributed by atoms with Crippen LogP contribution in [0.4, 0.5) is 5.69 Å². The summed E-state index contributed by atoms with van der Waals surface area (Å²) in [6.07, 6.45) is 4.03. The predicted octanol–water partition coefficient (Wildman–Crippen LogP) is 3.53. The fourth-order valence-electron chi connectivity index (χ4n) is 5.47. The average molecular weight is 434 g/mol. The van der Waals surface area contributed by atoms with E-state index in [4.69, 9.17) is 0 Å². The van der Waals surface area contributed by atoms with Gasteiger partial charge < -0.3 is 20.2 Å². The molecule has 2 aromatic rings. The first kappa shape index (κ1) is 21.0. The SMILES string of the molecule is CN(C)C(=O)c1cccc(-c2ccc3c(c2)[C@H]2[C@H](CCN2C(=O)C2CCC2)[C@H](CO)N3)c1. The van der Waals surface area contributed by atoms with Crippen LogP contribution >= 0.6 is 0 Å². The predicted molar refractivity (Wildman–Crippen MR) is 124 cm³/mol. The number of amides is 2. The van der Waals surface area contributed by atoms with Crippen LogP contribution in [0.1, 0.15) is 47.6 Å². The second kappa shape index (κ2) is 8.24. The number of aliphatic hydroxyl groups excluding tert-OH is 1. The van der Waals surface area contributed by atoms with Crippen LogP contribution in [0.15, 0.2) is 42.5 Å². The number of carbonyl (C=O) groups is 2. The monoisotopic (exact) mass is 433 g/mol. The van der Waals surface area contributed by atoms with Gasteiger partial charge in [0.2, 0.25) is 5.91 Å². The number of benzene rings is 2. The molecule has 2 amide bonds. The van der Waals surface area contributed by atoms with E-state index < -0.39 is 0 Å². The molecule has 2 heterocycles. The number of anilines is 1. The van der Waals surface area contributed by atoms with Crippen molar-refractivity contribution in [1.29, 1.82) is 0 Å². The third kappa shape index (κ3) is 3.47. The van der Waals surface area contributed by atoms with Gasteiger partial charge in [-0.05, 0) is 60.2 Å². The lowest BCUT2D eigenvalue weighted by atomic mass is 9.80. The molecule has 2 aliphatic heterocycles. The van der Waals surface area contributed by atoms with Gasteiger partial charge in [-0.25, -0.2) is 0 Å². The Labute approximate surface area is 189 Å². The number of rotatable bonds is 4. The molecule has 5 rings (SSSR count). The zero-order valence-electron chi connectivity index (χ0n) is 18.8. The highest BCUT2D eigenvalue weighted by Crippen LogP contribution is 2.48. The number of fused-ring (bicyclic) bond motifs is 3. The van der Waals surface area contributed by atoms with E-state index in [9.17, 15) is 14.7 Å². The molecule has 1 saturated carbocycles. The Bertz CT molecular complexity index is 1050. The molecule has 6 heteroatoms. The highest BCUT2D eigenvalue weighted by Gasteiger charge is 2.47. The van der Waals surface area contributed by atoms with Gasteiger partial charge in [0.25, 0.3) is 5.91 Å². The maximum Gasteiger partial charge on any atom is 0.253 e. The van der Waals surface area contributed by atoms with Crippen molar-refractivity contribution in [3.8, 4) is 11.1 Å². The maximum absolute atomic E-state index is 13.2. The van der Waals surface area contributed by atoms with Crippen LogP contribution in [0.2, 0.25) is 0 Å². The molecule has 3 aliphatic rings. The Balaban J connectivity index is 1.53. The lowest BCUT2D eigenvalue weighted by molar-refractivity contribution is -0.139. The van der Waals surface area contributed by atoms with Crippen molar-refractivity contribution in [3.05, 3.63) is 53.6 Å². The topological polar surface area (TPSA) is 72.9 Å². The van der Waals surface area contributed by atoms with Crippen molar-refractivity contribution in [2.24, 2.45) is 11.8 Å². The first-order valence-electron chi connectivity index (χ1n) is 11.6. The number of hydrogen-bond donors (Lipinski definition) is 2. The van der Waals surface area contributed by atoms with Crippen LogP contribution < -0.4 is 5.32 Å². The van der Waals surface area contributed by atoms with Gasteiger partial charge in [-0.15, -0.1) is 0 Å². The minimum atomic E-state index is -0.0430. The Kier molecular flexibility index (Phi) is 5.41. The van der Waals surface area contributed by atoms with E-state index in [0.717, 1.165) is 54.6 Å². The minimum Gasteiger partial charge on any atom is -0.394 e. The van der Waals surface area contributed by atoms with Gasteiger partial charge >= 0.3 is 0 Å². The second-order valence-electron chi connectivity index (χ2n) is 9.57. The Morgan fingerprint density at radius 2 is 1.88 bits per heavy atom. The summed E-state index contributed by atoms with van der Waals surface area (Å²) in [4.78, 5) is 29.3. The molecule has 1 saturated heterocycles. The Morgan fingerprint density at radius 3 is 2.56 bits per heavy atom. The molecule has 0 bridgehead atoms. The summed E-state index contributed by atoms with van der Waals surface area (Å²) < 4.78 is 0. The molecule has 2 fully saturated rings. The summed E-state index contributed by atoms with van der Waals surface area (Å²) in [7, 11) is 3.51. The lowest BCUT2D eigenvalue weighted by Crippen LogP contribution is -2.45. The van der Waals surface area contributed by atoms with Crippen LogP contribution in [0.3, 0.4) is 0 Å². The summed E-state index contributed by atoms with van der Waals surface area (Å²) >= 11 is 0. The Morgan fingerprint density at radius 1 is 1.09 bits per heavy atom. The molecular weight excluding hydrogens is 402 g/mol. The fraction of sp³-hybridized carbons (Fsp3) is 0.462. The number of nitrogens with one attached hydrogen (secondary N) is 1. The third-order valence-corrected chi connectivity index (χ3v) is 7.46. The summed E-state index contributed by atoms with van der Waals surface area (Å²) in [6, 6.07) is 13.9. The van der Waals surface area contributed by atoms with Crippen molar-refractivity contribution in [1.82, 2.24) is 9.80 Å². The van der Waals surface area contributed by atoms with Crippen LogP contribution in [0.5, 0.6) is 0 Å². The van der Waals surface area contributed by atoms with Gasteiger partial charge in [0.1, 0.15) is 0 Å². The third-order valence-electron chi connectivity index (χ3n) is 7.46. The molecule has 2 N–H and O–H groups in total. The largest absolute Gasteiger partial charge is 0.394 e. The number of aliphatic hydroxyl groups is 1. The zero-order valence-corrected chi connectivity index (χ0v) is 18.8. The van der Waals surface area contributed by atoms with Crippen LogP contribution in [-0.4, -0.2) is 60.0 Å². The van der Waals surface area contributed by atoms with Crippen molar-refractivity contribution in [3.63, 3.8) is 0 Å². The van der Waals surface area contributed by atoms with E-state index in [1.54, 1.807) is 19.0 Å². The molecule has 1 aliphatic carbocycles. The van der Waals surface area contributed by atoms with Crippen molar-refractivity contribution >= 4 is 17.5 Å². The quantitative estimate of drug-likeness (QED) is 0.774. The van der Waals surface area contributed by atoms with Crippen LogP contribution in [0.25, 0.3) is 11.1 Å². The molecule has 0 aromatic heterocycles. The van der Waals surface area contributed by atoms with E-state index >= 15 is 0 Å². The highest BCUT2D eigenvalue weighted by atomic mass is 16.3. The first-order valence-corrected chi connectivity index (χ1v) is 11.6. The van der Waals surface area contributed by atoms with Crippen LogP contribution in [0, 0.1) is 11.8 Å². The summed E-state index contributed by atoms with van der Waals surface area (Å²) in [6.45, 7) is 0.807. The van der Waals surface area contributed by atoms with Crippen LogP contribution in [-0.2, 0) is 4.79 Å². The molecule has 168 valence electrons. The second-order valence-corrected chi connectivity index (χ2v) is 9.57. The Hall–Kier alpha value is -2.86. The van der Waals surface area contributed by atoms with E-state index in [1.807, 2.05) is 36.4 Å². The molecular formula is C26H31N3O3. The minimum absolute atomic E-state index is 0.0111. The van der Waals surface area contributed by atoms with Gasteiger partial charge in [0, 0.05) is 43.7 Å². The van der Waals surface area contributed by atoms with Gasteiger partial charge in [-0.1, -0.05) is 24.6 Å². The number of hydrogen-bond acceptors (Lipinski definition) is 4. The van der Waals surface area contributed by atoms with Gasteiger partial charge in [0.15, 0.2) is 0 Å². The summed E-state index contributed by atoms with van der Waals surface area (Å²) in [5.41, 5.74) is 4.78. The van der Waals surface area contributed by atoms with Crippen molar-refractivity contribution in [2.45, 2.75) is 37.8 Å². The molecule has 6 nitrogen and oxygen atoms in total. The van der Waals surface area contributed by atoms with Crippen molar-refractivity contribution in [2.75, 3.05) is 32.6 Å². The van der Waals surface area contributed by atoms with E-state index in [-0.39, 0.29) is 42.3 Å². The normalized spacial score (nSPS) is 24.2. The number of likely N-dealkylation sites (tertiary alicyclic amines) is 1.